The van der Waals surface area contributed by atoms with Crippen molar-refractivity contribution in [1.29, 1.82) is 0 Å². The van der Waals surface area contributed by atoms with Crippen LogP contribution in [0.2, 0.25) is 0 Å². The number of anilines is 2. The molecule has 0 spiro atoms. The van der Waals surface area contributed by atoms with E-state index in [1.54, 1.807) is 42.7 Å². The third kappa shape index (κ3) is 9.05. The Morgan fingerprint density at radius 2 is 0.846 bits per heavy atom. The Hall–Kier alpha value is -2.95. The highest BCUT2D eigenvalue weighted by Crippen LogP contribution is 2.40. The summed E-state index contributed by atoms with van der Waals surface area (Å²) in [7, 11) is 9.75. The molecular weight excluding hydrogens is 524 g/mol. The van der Waals surface area contributed by atoms with E-state index in [0.717, 1.165) is 76.6 Å². The first kappa shape index (κ1) is 32.3. The van der Waals surface area contributed by atoms with Crippen molar-refractivity contribution < 1.29 is 28.4 Å². The van der Waals surface area contributed by atoms with E-state index in [0.29, 0.717) is 34.5 Å². The van der Waals surface area contributed by atoms with Crippen LogP contribution in [0.5, 0.6) is 34.5 Å². The van der Waals surface area contributed by atoms with Crippen molar-refractivity contribution in [3.05, 3.63) is 24.3 Å². The van der Waals surface area contributed by atoms with Crippen LogP contribution in [0.4, 0.5) is 11.4 Å². The Labute approximate surface area is 239 Å². The maximum atomic E-state index is 5.44. The minimum Gasteiger partial charge on any atom is -0.493 e. The van der Waals surface area contributed by atoms with Crippen LogP contribution in [0.1, 0.15) is 12.8 Å². The van der Waals surface area contributed by atoms with Crippen LogP contribution in [0.3, 0.4) is 0 Å². The molecule has 1 aliphatic rings. The summed E-state index contributed by atoms with van der Waals surface area (Å²) in [6.45, 7) is 8.32. The molecule has 0 radical (unpaired) electrons. The summed E-state index contributed by atoms with van der Waals surface area (Å²) in [6.07, 6.45) is 2.13. The summed E-state index contributed by atoms with van der Waals surface area (Å²) in [5.74, 6) is 3.84. The molecule has 0 amide bonds. The van der Waals surface area contributed by atoms with Gasteiger partial charge in [0, 0.05) is 74.9 Å². The van der Waals surface area contributed by atoms with E-state index in [9.17, 15) is 0 Å². The highest BCUT2D eigenvalue weighted by molar-refractivity contribution is 5.85. The molecule has 1 fully saturated rings. The molecule has 0 bridgehead atoms. The van der Waals surface area contributed by atoms with E-state index in [2.05, 4.69) is 20.4 Å². The third-order valence-electron chi connectivity index (χ3n) is 6.75. The van der Waals surface area contributed by atoms with Gasteiger partial charge in [-0.1, -0.05) is 0 Å². The lowest BCUT2D eigenvalue weighted by Gasteiger charge is -2.34. The number of nitrogens with zero attached hydrogens (tertiary/aromatic N) is 2. The van der Waals surface area contributed by atoms with E-state index in [1.165, 1.54) is 0 Å². The molecule has 39 heavy (non-hydrogen) atoms. The predicted octanol–water partition coefficient (Wildman–Crippen LogP) is 4.08. The molecule has 1 saturated heterocycles. The van der Waals surface area contributed by atoms with Gasteiger partial charge in [0.05, 0.1) is 42.7 Å². The lowest BCUT2D eigenvalue weighted by Crippen LogP contribution is -2.47. The number of nitrogens with one attached hydrogen (secondary N) is 2. The second-order valence-corrected chi connectivity index (χ2v) is 9.07. The van der Waals surface area contributed by atoms with Crippen molar-refractivity contribution in [3.8, 4) is 34.5 Å². The number of methoxy groups -OCH3 is 6. The average molecular weight is 569 g/mol. The molecule has 2 N–H and O–H groups in total. The zero-order valence-corrected chi connectivity index (χ0v) is 24.9. The lowest BCUT2D eigenvalue weighted by molar-refractivity contribution is 0.132. The summed E-state index contributed by atoms with van der Waals surface area (Å²) in [5, 5.41) is 6.96. The molecular formula is C28H45ClN4O6. The molecule has 11 heteroatoms. The van der Waals surface area contributed by atoms with Crippen molar-refractivity contribution in [3.63, 3.8) is 0 Å². The summed E-state index contributed by atoms with van der Waals surface area (Å²) in [5.41, 5.74) is 1.92. The SMILES string of the molecule is COc1cc(NCCCN2CCN(CCCNc3cc(OC)c(OC)c(OC)c3)CC2)cc(OC)c1OC.Cl. The number of hydrogen-bond acceptors (Lipinski definition) is 10. The third-order valence-corrected chi connectivity index (χ3v) is 6.75. The van der Waals surface area contributed by atoms with Crippen LogP contribution in [0.25, 0.3) is 0 Å². The van der Waals surface area contributed by atoms with Crippen molar-refractivity contribution in [2.45, 2.75) is 12.8 Å². The summed E-state index contributed by atoms with van der Waals surface area (Å²) < 4.78 is 32.6. The van der Waals surface area contributed by atoms with Crippen LogP contribution >= 0.6 is 12.4 Å². The molecule has 2 aromatic rings. The number of hydrogen-bond donors (Lipinski definition) is 2. The Morgan fingerprint density at radius 1 is 0.538 bits per heavy atom. The zero-order chi connectivity index (χ0) is 27.3. The molecule has 0 atom stereocenters. The lowest BCUT2D eigenvalue weighted by atomic mass is 10.2. The number of piperazine rings is 1. The highest BCUT2D eigenvalue weighted by atomic mass is 35.5. The van der Waals surface area contributed by atoms with Crippen LogP contribution in [-0.4, -0.2) is 105 Å². The second kappa shape index (κ2) is 16.9. The standard InChI is InChI=1S/C28H44N4O6.ClH/c1-33-23-17-21(18-24(34-2)27(23)37-5)29-9-7-11-31-13-15-32(16-14-31)12-8-10-30-22-19-25(35-3)28(38-6)26(20-22)36-4;/h17-20,29-30H,7-16H2,1-6H3;1H. The molecule has 10 nitrogen and oxygen atoms in total. The van der Waals surface area contributed by atoms with Gasteiger partial charge in [-0.25, -0.2) is 0 Å². The predicted molar refractivity (Wildman–Crippen MR) is 159 cm³/mol. The van der Waals surface area contributed by atoms with Crippen molar-refractivity contribution in [2.75, 3.05) is 106 Å². The Kier molecular flexibility index (Phi) is 14.0. The van der Waals surface area contributed by atoms with Gasteiger partial charge in [-0.15, -0.1) is 12.4 Å². The van der Waals surface area contributed by atoms with Gasteiger partial charge in [-0.2, -0.15) is 0 Å². The first-order valence-corrected chi connectivity index (χ1v) is 13.1. The van der Waals surface area contributed by atoms with Crippen molar-refractivity contribution in [1.82, 2.24) is 9.80 Å². The molecule has 0 unspecified atom stereocenters. The highest BCUT2D eigenvalue weighted by Gasteiger charge is 2.17. The molecule has 0 aliphatic carbocycles. The quantitative estimate of drug-likeness (QED) is 0.289. The van der Waals surface area contributed by atoms with E-state index >= 15 is 0 Å². The molecule has 2 aromatic carbocycles. The van der Waals surface area contributed by atoms with Crippen LogP contribution in [0, 0.1) is 0 Å². The average Bonchev–Trinajstić information content (AvgIpc) is 2.96. The summed E-state index contributed by atoms with van der Waals surface area (Å²) >= 11 is 0. The Bertz CT molecular complexity index is 875. The largest absolute Gasteiger partial charge is 0.493 e. The van der Waals surface area contributed by atoms with Gasteiger partial charge < -0.3 is 48.9 Å². The van der Waals surface area contributed by atoms with E-state index in [1.807, 2.05) is 24.3 Å². The molecule has 0 aromatic heterocycles. The maximum absolute atomic E-state index is 5.44. The molecule has 220 valence electrons. The van der Waals surface area contributed by atoms with Crippen molar-refractivity contribution in [2.24, 2.45) is 0 Å². The molecule has 1 aliphatic heterocycles. The molecule has 1 heterocycles. The zero-order valence-electron chi connectivity index (χ0n) is 24.1. The first-order valence-electron chi connectivity index (χ1n) is 13.1. The van der Waals surface area contributed by atoms with Crippen LogP contribution in [-0.2, 0) is 0 Å². The number of rotatable bonds is 16. The summed E-state index contributed by atoms with van der Waals surface area (Å²) in [6, 6.07) is 7.76. The molecule has 3 rings (SSSR count). The molecule has 0 saturated carbocycles. The monoisotopic (exact) mass is 568 g/mol. The van der Waals surface area contributed by atoms with Gasteiger partial charge in [-0.05, 0) is 25.9 Å². The maximum Gasteiger partial charge on any atom is 0.203 e. The normalized spacial score (nSPS) is 13.7. The first-order chi connectivity index (χ1) is 18.6. The van der Waals surface area contributed by atoms with E-state index < -0.39 is 0 Å². The summed E-state index contributed by atoms with van der Waals surface area (Å²) in [4.78, 5) is 5.09. The second-order valence-electron chi connectivity index (χ2n) is 9.07. The number of halogens is 1. The van der Waals surface area contributed by atoms with Gasteiger partial charge in [0.1, 0.15) is 0 Å². The van der Waals surface area contributed by atoms with Crippen molar-refractivity contribution >= 4 is 23.8 Å². The fraction of sp³-hybridized carbons (Fsp3) is 0.571. The van der Waals surface area contributed by atoms with Gasteiger partial charge in [0.2, 0.25) is 11.5 Å². The van der Waals surface area contributed by atoms with E-state index in [-0.39, 0.29) is 12.4 Å². The van der Waals surface area contributed by atoms with Gasteiger partial charge in [0.25, 0.3) is 0 Å². The van der Waals surface area contributed by atoms with Gasteiger partial charge in [0.15, 0.2) is 23.0 Å². The van der Waals surface area contributed by atoms with Gasteiger partial charge in [-0.3, -0.25) is 0 Å². The minimum absolute atomic E-state index is 0. The number of ether oxygens (including phenoxy) is 6. The minimum atomic E-state index is 0. The van der Waals surface area contributed by atoms with Crippen LogP contribution in [0.15, 0.2) is 24.3 Å². The fourth-order valence-corrected chi connectivity index (χ4v) is 4.67. The fourth-order valence-electron chi connectivity index (χ4n) is 4.67. The van der Waals surface area contributed by atoms with Gasteiger partial charge >= 0.3 is 0 Å². The topological polar surface area (TPSA) is 85.9 Å². The Balaban J connectivity index is 0.00000533. The Morgan fingerprint density at radius 3 is 1.10 bits per heavy atom. The van der Waals surface area contributed by atoms with E-state index in [4.69, 9.17) is 28.4 Å². The smallest absolute Gasteiger partial charge is 0.203 e. The number of benzene rings is 2. The van der Waals surface area contributed by atoms with Crippen LogP contribution < -0.4 is 39.1 Å².